The molecule has 2 heterocycles. The minimum atomic E-state index is -2.88. The standard InChI is InChI=1S/C85H64N2Si2/c1-61-28-27-43-75(52-61)89(73-39-19-7-20-40-73,74-41-21-8-22-42-74)77-49-51-85-81(60-77)79-45-24-26-47-83(79)87(85)69-57-67(66-54-64(62-29-9-2-10-30-62)53-65(55-66)63-31-11-3-12-32-63)56-68(58-69)86-82-46-25-23-44-78(82)80-59-76(48-50-84(80)86)88(70-33-13-4-14-34-70,71-35-15-5-16-36-71)72-37-17-6-18-38-72/h2-27,29-61H,28H2,1H3/q-1. The van der Waals surface area contributed by atoms with E-state index in [1.165, 1.54) is 96.3 Å². The molecule has 0 saturated heterocycles. The average Bonchev–Trinajstić information content (AvgIpc) is 1.97. The monoisotopic (exact) mass is 1170 g/mol. The molecule has 16 rings (SSSR count). The first kappa shape index (κ1) is 53.8. The lowest BCUT2D eigenvalue weighted by Crippen LogP contribution is -2.74. The third-order valence-electron chi connectivity index (χ3n) is 18.8. The highest BCUT2D eigenvalue weighted by Crippen LogP contribution is 2.41. The Balaban J connectivity index is 0.976. The maximum atomic E-state index is 2.58. The highest BCUT2D eigenvalue weighted by molar-refractivity contribution is 7.20. The lowest BCUT2D eigenvalue weighted by molar-refractivity contribution is 0.734. The summed E-state index contributed by atoms with van der Waals surface area (Å²) >= 11 is 0. The fourth-order valence-electron chi connectivity index (χ4n) is 14.9. The van der Waals surface area contributed by atoms with Crippen LogP contribution in [0.1, 0.15) is 13.3 Å². The summed E-state index contributed by atoms with van der Waals surface area (Å²) in [6.07, 6.45) is 8.48. The first-order valence-corrected chi connectivity index (χ1v) is 35.2. The van der Waals surface area contributed by atoms with Crippen molar-refractivity contribution in [3.63, 3.8) is 0 Å². The Bertz CT molecular complexity index is 4950. The van der Waals surface area contributed by atoms with E-state index >= 15 is 0 Å². The number of allylic oxidation sites excluding steroid dienone is 4. The van der Waals surface area contributed by atoms with Gasteiger partial charge < -0.3 is 9.13 Å². The zero-order chi connectivity index (χ0) is 59.3. The van der Waals surface area contributed by atoms with E-state index in [4.69, 9.17) is 0 Å². The van der Waals surface area contributed by atoms with E-state index in [0.29, 0.717) is 5.92 Å². The highest BCUT2D eigenvalue weighted by atomic mass is 28.3. The predicted molar refractivity (Wildman–Crippen MR) is 384 cm³/mol. The third kappa shape index (κ3) is 9.13. The summed E-state index contributed by atoms with van der Waals surface area (Å²) < 4.78 is 5.08. The van der Waals surface area contributed by atoms with Crippen LogP contribution >= 0.6 is 0 Å². The molecule has 89 heavy (non-hydrogen) atoms. The van der Waals surface area contributed by atoms with Gasteiger partial charge in [-0.1, -0.05) is 298 Å². The third-order valence-corrected chi connectivity index (χ3v) is 28.4. The number of aromatic nitrogens is 2. The summed E-state index contributed by atoms with van der Waals surface area (Å²) in [4.78, 5) is 0. The van der Waals surface area contributed by atoms with E-state index in [2.05, 4.69) is 368 Å². The zero-order valence-corrected chi connectivity index (χ0v) is 51.7. The maximum Gasteiger partial charge on any atom is 0.179 e. The Morgan fingerprint density at radius 2 is 0.685 bits per heavy atom. The molecule has 0 saturated carbocycles. The largest absolute Gasteiger partial charge is 0.309 e. The van der Waals surface area contributed by atoms with E-state index in [1.54, 1.807) is 0 Å². The second-order valence-electron chi connectivity index (χ2n) is 24.0. The maximum absolute atomic E-state index is 2.88. The number of hydrogen-bond acceptors (Lipinski definition) is 0. The number of para-hydroxylation sites is 2. The molecular weight excluding hydrogens is 1110 g/mol. The first-order valence-electron chi connectivity index (χ1n) is 31.2. The summed E-state index contributed by atoms with van der Waals surface area (Å²) in [6.45, 7) is 2.37. The lowest BCUT2D eigenvalue weighted by Gasteiger charge is -2.47. The van der Waals surface area contributed by atoms with Gasteiger partial charge in [-0.05, 0) is 135 Å². The number of rotatable bonds is 13. The predicted octanol–water partition coefficient (Wildman–Crippen LogP) is 16.8. The smallest absolute Gasteiger partial charge is 0.179 e. The summed E-state index contributed by atoms with van der Waals surface area (Å²) in [6, 6.07) is 126. The quantitative estimate of drug-likeness (QED) is 0.0804. The molecule has 2 nitrogen and oxygen atoms in total. The lowest BCUT2D eigenvalue weighted by atomic mass is 9.93. The normalized spacial score (nSPS) is 13.5. The van der Waals surface area contributed by atoms with Crippen molar-refractivity contribution >= 4 is 96.1 Å². The summed E-state index contributed by atoms with van der Waals surface area (Å²) in [7, 11) is -5.74. The van der Waals surface area contributed by atoms with Crippen LogP contribution in [-0.2, 0) is 0 Å². The SMILES string of the molecule is CC1C=C([Si](c2ccccc2)(c2ccccc2)c2ccc3c(c2)c2ccccc2n3-c2cc(-c3cc(-c4ccccc4)cc(-c4ccccc4)c3)cc(-n3c4ccccc4c4cc([Si-](c5ccccc5)(c5ccccc5)c5ccccc5)ccc43)c2)C=CC1. The molecule has 0 fully saturated rings. The van der Waals surface area contributed by atoms with Gasteiger partial charge >= 0.3 is 0 Å². The fraction of sp³-hybridized carbons (Fsp3) is 0.0353. The van der Waals surface area contributed by atoms with Crippen molar-refractivity contribution < 1.29 is 0 Å². The van der Waals surface area contributed by atoms with Gasteiger partial charge in [0, 0.05) is 32.9 Å². The molecule has 1 atom stereocenters. The van der Waals surface area contributed by atoms with Gasteiger partial charge in [0.25, 0.3) is 0 Å². The molecule has 0 amide bonds. The number of hydrogen-bond donors (Lipinski definition) is 0. The van der Waals surface area contributed by atoms with Crippen molar-refractivity contribution in [3.05, 3.63) is 357 Å². The Labute approximate surface area is 522 Å². The number of nitrogens with zero attached hydrogens (tertiary/aromatic N) is 2. The van der Waals surface area contributed by atoms with Crippen molar-refractivity contribution in [2.24, 2.45) is 5.92 Å². The van der Waals surface area contributed by atoms with Crippen LogP contribution in [0.2, 0.25) is 0 Å². The minimum Gasteiger partial charge on any atom is -0.309 e. The van der Waals surface area contributed by atoms with Crippen molar-refractivity contribution in [3.8, 4) is 44.8 Å². The van der Waals surface area contributed by atoms with E-state index in [0.717, 1.165) is 40.0 Å². The van der Waals surface area contributed by atoms with Crippen LogP contribution < -0.4 is 36.3 Å². The molecule has 15 aromatic rings. The molecule has 1 aliphatic rings. The van der Waals surface area contributed by atoms with E-state index in [1.807, 2.05) is 0 Å². The molecule has 0 radical (unpaired) electrons. The molecule has 13 aromatic carbocycles. The molecule has 423 valence electrons. The van der Waals surface area contributed by atoms with E-state index in [9.17, 15) is 0 Å². The highest BCUT2D eigenvalue weighted by Gasteiger charge is 2.43. The van der Waals surface area contributed by atoms with Crippen LogP contribution in [0.25, 0.3) is 88.4 Å². The second kappa shape index (κ2) is 22.6. The molecule has 2 aromatic heterocycles. The van der Waals surface area contributed by atoms with Gasteiger partial charge in [0.15, 0.2) is 8.07 Å². The fourth-order valence-corrected chi connectivity index (χ4v) is 24.7. The van der Waals surface area contributed by atoms with E-state index in [-0.39, 0.29) is 0 Å². The summed E-state index contributed by atoms with van der Waals surface area (Å²) in [5.41, 5.74) is 13.8. The molecule has 0 aliphatic heterocycles. The molecule has 0 spiro atoms. The molecule has 4 heteroatoms. The van der Waals surface area contributed by atoms with Gasteiger partial charge in [-0.3, -0.25) is 0 Å². The van der Waals surface area contributed by atoms with Crippen molar-refractivity contribution in [2.45, 2.75) is 13.3 Å². The van der Waals surface area contributed by atoms with Crippen LogP contribution in [0, 0.1) is 5.92 Å². The summed E-state index contributed by atoms with van der Waals surface area (Å²) in [5, 5.41) is 15.9. The Kier molecular flexibility index (Phi) is 13.7. The van der Waals surface area contributed by atoms with E-state index < -0.39 is 16.1 Å². The van der Waals surface area contributed by atoms with Gasteiger partial charge in [-0.25, -0.2) is 0 Å². The molecular formula is C85H64N2Si2-. The molecule has 1 unspecified atom stereocenters. The van der Waals surface area contributed by atoms with Crippen LogP contribution in [-0.4, -0.2) is 25.3 Å². The summed E-state index contributed by atoms with van der Waals surface area (Å²) in [5.74, 6) is 0.434. The Hall–Kier alpha value is -10.6. The Morgan fingerprint density at radius 1 is 0.303 bits per heavy atom. The zero-order valence-electron chi connectivity index (χ0n) is 49.7. The van der Waals surface area contributed by atoms with Crippen LogP contribution in [0.5, 0.6) is 0 Å². The van der Waals surface area contributed by atoms with Gasteiger partial charge in [0.2, 0.25) is 0 Å². The molecule has 0 N–H and O–H groups in total. The van der Waals surface area contributed by atoms with Crippen molar-refractivity contribution in [1.82, 2.24) is 9.13 Å². The van der Waals surface area contributed by atoms with Crippen LogP contribution in [0.15, 0.2) is 357 Å². The first-order chi connectivity index (χ1) is 44.0. The Morgan fingerprint density at radius 3 is 1.16 bits per heavy atom. The van der Waals surface area contributed by atoms with Gasteiger partial charge in [-0.2, -0.15) is 20.7 Å². The number of fused-ring (bicyclic) bond motifs is 6. The topological polar surface area (TPSA) is 9.86 Å². The van der Waals surface area contributed by atoms with Gasteiger partial charge in [-0.15, -0.1) is 0 Å². The number of benzene rings is 13. The molecule has 1 aliphatic carbocycles. The van der Waals surface area contributed by atoms with Crippen LogP contribution in [0.3, 0.4) is 0 Å². The second-order valence-corrected chi connectivity index (χ2v) is 31.6. The van der Waals surface area contributed by atoms with Crippen molar-refractivity contribution in [1.29, 1.82) is 0 Å². The minimum absolute atomic E-state index is 0.434. The van der Waals surface area contributed by atoms with Gasteiger partial charge in [0.05, 0.1) is 22.1 Å². The average molecular weight is 1170 g/mol. The van der Waals surface area contributed by atoms with Gasteiger partial charge in [0.1, 0.15) is 0 Å². The molecule has 0 bridgehead atoms. The van der Waals surface area contributed by atoms with Crippen molar-refractivity contribution in [2.75, 3.05) is 0 Å². The van der Waals surface area contributed by atoms with Crippen LogP contribution in [0.4, 0.5) is 0 Å².